The van der Waals surface area contributed by atoms with Gasteiger partial charge in [0.25, 0.3) is 11.8 Å². The molecule has 0 bridgehead atoms. The molecule has 1 unspecified atom stereocenters. The lowest BCUT2D eigenvalue weighted by Gasteiger charge is -2.18. The van der Waals surface area contributed by atoms with E-state index in [1.807, 2.05) is 5.32 Å². The highest BCUT2D eigenvalue weighted by molar-refractivity contribution is 6.01. The van der Waals surface area contributed by atoms with Crippen molar-refractivity contribution in [2.24, 2.45) is 0 Å². The lowest BCUT2D eigenvalue weighted by molar-refractivity contribution is -0.142. The van der Waals surface area contributed by atoms with E-state index in [1.54, 1.807) is 0 Å². The number of urea groups is 1. The molecule has 0 fully saturated rings. The Bertz CT molecular complexity index is 1600. The first-order valence-corrected chi connectivity index (χ1v) is 15.5. The van der Waals surface area contributed by atoms with Gasteiger partial charge in [-0.15, -0.1) is 5.10 Å². The molecule has 0 spiro atoms. The van der Waals surface area contributed by atoms with Crippen molar-refractivity contribution >= 4 is 47.7 Å². The van der Waals surface area contributed by atoms with Crippen LogP contribution in [0.25, 0.3) is 5.69 Å². The summed E-state index contributed by atoms with van der Waals surface area (Å²) in [6.07, 6.45) is 0.178. The van der Waals surface area contributed by atoms with Gasteiger partial charge in [0.05, 0.1) is 24.3 Å². The first-order valence-electron chi connectivity index (χ1n) is 15.5. The SMILES string of the molecule is O=C(O)CCC(NC(=O)N[C@@H](CCCCNC(=O)c1cc(C(=O)N[C@@H](CCC(=O)O)C(=O)O)cc(-n2cc(CCCF)nn2)c1)C(=O)O)C(=O)O. The molecule has 2 rings (SSSR count). The molecule has 278 valence electrons. The minimum absolute atomic E-state index is 0.00756. The Morgan fingerprint density at radius 2 is 1.22 bits per heavy atom. The number of hydrogen-bond acceptors (Lipinski definition) is 10. The first-order chi connectivity index (χ1) is 24.1. The van der Waals surface area contributed by atoms with E-state index >= 15 is 0 Å². The predicted octanol–water partition coefficient (Wildman–Crippen LogP) is 0.188. The van der Waals surface area contributed by atoms with Crippen molar-refractivity contribution in [2.75, 3.05) is 13.2 Å². The number of aliphatic carboxylic acids is 5. The number of rotatable bonds is 23. The van der Waals surface area contributed by atoms with Crippen LogP contribution < -0.4 is 21.3 Å². The number of carbonyl (C=O) groups excluding carboxylic acids is 3. The first kappa shape index (κ1) is 41.0. The van der Waals surface area contributed by atoms with Crippen molar-refractivity contribution in [1.29, 1.82) is 0 Å². The summed E-state index contributed by atoms with van der Waals surface area (Å²) in [6.45, 7) is -0.599. The van der Waals surface area contributed by atoms with E-state index in [0.717, 1.165) is 6.07 Å². The maximum absolute atomic E-state index is 13.1. The average Bonchev–Trinajstić information content (AvgIpc) is 3.55. The Morgan fingerprint density at radius 3 is 1.75 bits per heavy atom. The number of carboxylic acid groups (broad SMARTS) is 5. The Morgan fingerprint density at radius 1 is 0.686 bits per heavy atom. The molecule has 3 atom stereocenters. The van der Waals surface area contributed by atoms with Crippen molar-refractivity contribution < 1.29 is 68.3 Å². The molecule has 0 aliphatic carbocycles. The van der Waals surface area contributed by atoms with E-state index in [0.29, 0.717) is 5.69 Å². The zero-order valence-corrected chi connectivity index (χ0v) is 27.0. The molecule has 21 heteroatoms. The zero-order valence-electron chi connectivity index (χ0n) is 27.0. The predicted molar refractivity (Wildman–Crippen MR) is 169 cm³/mol. The highest BCUT2D eigenvalue weighted by Gasteiger charge is 2.26. The van der Waals surface area contributed by atoms with Gasteiger partial charge in [-0.05, 0) is 63.1 Å². The van der Waals surface area contributed by atoms with E-state index in [9.17, 15) is 58.1 Å². The molecule has 9 N–H and O–H groups in total. The van der Waals surface area contributed by atoms with Gasteiger partial charge in [-0.2, -0.15) is 0 Å². The second kappa shape index (κ2) is 20.4. The summed E-state index contributed by atoms with van der Waals surface area (Å²) in [4.78, 5) is 94.6. The van der Waals surface area contributed by atoms with E-state index in [-0.39, 0.29) is 55.5 Å². The number of carbonyl (C=O) groups is 8. The van der Waals surface area contributed by atoms with Crippen molar-refractivity contribution in [3.8, 4) is 5.69 Å². The minimum atomic E-state index is -1.57. The summed E-state index contributed by atoms with van der Waals surface area (Å²) in [5.41, 5.74) is 0.320. The van der Waals surface area contributed by atoms with Crippen LogP contribution >= 0.6 is 0 Å². The second-order valence-corrected chi connectivity index (χ2v) is 11.1. The maximum Gasteiger partial charge on any atom is 0.326 e. The van der Waals surface area contributed by atoms with Gasteiger partial charge in [-0.1, -0.05) is 5.21 Å². The molecule has 0 saturated heterocycles. The number of amides is 4. The molecule has 1 heterocycles. The number of unbranched alkanes of at least 4 members (excludes halogenated alkanes) is 1. The van der Waals surface area contributed by atoms with E-state index < -0.39 is 98.2 Å². The summed E-state index contributed by atoms with van der Waals surface area (Å²) in [5.74, 6) is -8.60. The summed E-state index contributed by atoms with van der Waals surface area (Å²) >= 11 is 0. The lowest BCUT2D eigenvalue weighted by Crippen LogP contribution is -2.51. The van der Waals surface area contributed by atoms with Crippen LogP contribution in [-0.2, 0) is 30.4 Å². The highest BCUT2D eigenvalue weighted by Crippen LogP contribution is 2.16. The number of carboxylic acids is 5. The normalized spacial score (nSPS) is 12.5. The summed E-state index contributed by atoms with van der Waals surface area (Å²) in [5, 5.41) is 62.6. The van der Waals surface area contributed by atoms with Crippen LogP contribution in [0.4, 0.5) is 9.18 Å². The summed E-state index contributed by atoms with van der Waals surface area (Å²) in [6, 6.07) is -1.91. The molecule has 2 aromatic rings. The van der Waals surface area contributed by atoms with Gasteiger partial charge >= 0.3 is 35.9 Å². The number of benzene rings is 1. The van der Waals surface area contributed by atoms with E-state index in [2.05, 4.69) is 26.3 Å². The summed E-state index contributed by atoms with van der Waals surface area (Å²) < 4.78 is 13.9. The topological polar surface area (TPSA) is 317 Å². The van der Waals surface area contributed by atoms with Crippen LogP contribution in [0.15, 0.2) is 24.4 Å². The smallest absolute Gasteiger partial charge is 0.326 e. The van der Waals surface area contributed by atoms with Gasteiger partial charge in [0, 0.05) is 30.5 Å². The van der Waals surface area contributed by atoms with Gasteiger partial charge in [0.15, 0.2) is 0 Å². The molecule has 4 amide bonds. The second-order valence-electron chi connectivity index (χ2n) is 11.1. The minimum Gasteiger partial charge on any atom is -0.481 e. The van der Waals surface area contributed by atoms with Crippen molar-refractivity contribution in [1.82, 2.24) is 36.3 Å². The third kappa shape index (κ3) is 14.5. The zero-order chi connectivity index (χ0) is 38.1. The number of nitrogens with zero attached hydrogens (tertiary/aromatic N) is 3. The van der Waals surface area contributed by atoms with Gasteiger partial charge in [0.2, 0.25) is 0 Å². The monoisotopic (exact) mass is 723 g/mol. The van der Waals surface area contributed by atoms with Gasteiger partial charge in [-0.25, -0.2) is 23.9 Å². The fraction of sp³-hybridized carbons (Fsp3) is 0.467. The number of alkyl halides is 1. The van der Waals surface area contributed by atoms with Crippen molar-refractivity contribution in [2.45, 2.75) is 75.9 Å². The fourth-order valence-corrected chi connectivity index (χ4v) is 4.48. The number of nitrogens with one attached hydrogen (secondary N) is 4. The molecule has 0 saturated carbocycles. The van der Waals surface area contributed by atoms with Gasteiger partial charge in [0.1, 0.15) is 18.1 Å². The maximum atomic E-state index is 13.1. The summed E-state index contributed by atoms with van der Waals surface area (Å²) in [7, 11) is 0. The molecule has 1 aromatic heterocycles. The molecule has 0 radical (unpaired) electrons. The number of halogens is 1. The third-order valence-corrected chi connectivity index (χ3v) is 7.12. The number of aryl methyl sites for hydroxylation is 1. The van der Waals surface area contributed by atoms with Crippen LogP contribution in [0.1, 0.15) is 77.8 Å². The van der Waals surface area contributed by atoms with Gasteiger partial charge in [-0.3, -0.25) is 23.6 Å². The Balaban J connectivity index is 2.12. The van der Waals surface area contributed by atoms with E-state index in [4.69, 9.17) is 10.2 Å². The lowest BCUT2D eigenvalue weighted by atomic mass is 10.1. The molecular weight excluding hydrogens is 685 g/mol. The molecule has 51 heavy (non-hydrogen) atoms. The van der Waals surface area contributed by atoms with E-state index in [1.165, 1.54) is 23.0 Å². The van der Waals surface area contributed by atoms with Crippen LogP contribution in [0.5, 0.6) is 0 Å². The third-order valence-electron chi connectivity index (χ3n) is 7.12. The Hall–Kier alpha value is -6.15. The molecule has 1 aromatic carbocycles. The molecule has 20 nitrogen and oxygen atoms in total. The highest BCUT2D eigenvalue weighted by atomic mass is 19.1. The van der Waals surface area contributed by atoms with Crippen LogP contribution in [0.2, 0.25) is 0 Å². The number of aromatic nitrogens is 3. The van der Waals surface area contributed by atoms with Crippen molar-refractivity contribution in [3.63, 3.8) is 0 Å². The Kier molecular flexibility index (Phi) is 16.4. The molecular formula is C30H38FN7O13. The quantitative estimate of drug-likeness (QED) is 0.0691. The molecule has 0 aliphatic heterocycles. The average molecular weight is 724 g/mol. The Labute approximate surface area is 288 Å². The van der Waals surface area contributed by atoms with Crippen LogP contribution in [0.3, 0.4) is 0 Å². The van der Waals surface area contributed by atoms with Crippen LogP contribution in [0, 0.1) is 0 Å². The van der Waals surface area contributed by atoms with Crippen LogP contribution in [-0.4, -0.2) is 120 Å². The standard InChI is InChI=1S/C30H38FN7O13/c31-10-3-4-18-15-38(37-36-18)19-13-16(12-17(14-19)26(44)33-21(28(47)48)6-8-23(39)40)25(43)32-11-2-1-5-20(27(45)46)34-30(51)35-22(29(49)50)7-9-24(41)42/h12-15,20-22H,1-11H2,(H,32,43)(H,33,44)(H,39,40)(H,41,42)(H,45,46)(H,47,48)(H,49,50)(H2,34,35,51)/t20-,21-,22?/m0/s1. The van der Waals surface area contributed by atoms with Crippen molar-refractivity contribution in [3.05, 3.63) is 41.2 Å². The molecule has 0 aliphatic rings. The largest absolute Gasteiger partial charge is 0.481 e. The fourth-order valence-electron chi connectivity index (χ4n) is 4.48. The number of hydrogen-bond donors (Lipinski definition) is 9. The van der Waals surface area contributed by atoms with Gasteiger partial charge < -0.3 is 46.8 Å².